The van der Waals surface area contributed by atoms with Gasteiger partial charge in [0.2, 0.25) is 11.6 Å². The number of hydrazone groups is 1. The summed E-state index contributed by atoms with van der Waals surface area (Å²) in [5, 5.41) is 30.4. The van der Waals surface area contributed by atoms with Crippen molar-refractivity contribution in [2.75, 3.05) is 5.73 Å². The largest absolute Gasteiger partial charge is 0.378 e. The Morgan fingerprint density at radius 1 is 1.23 bits per heavy atom. The molecule has 0 unspecified atom stereocenters. The molecule has 0 aliphatic carbocycles. The number of carbonyl (C=O) groups excluding carboxylic acids is 1. The summed E-state index contributed by atoms with van der Waals surface area (Å²) in [5.41, 5.74) is 11.1. The maximum atomic E-state index is 12.7. The second-order valence-corrected chi connectivity index (χ2v) is 6.46. The van der Waals surface area contributed by atoms with E-state index in [-0.39, 0.29) is 17.3 Å². The lowest BCUT2D eigenvalue weighted by molar-refractivity contribution is 0.0948. The molecule has 4 rings (SSSR count). The number of hydrogen-bond donors (Lipinski definition) is 2. The lowest BCUT2D eigenvalue weighted by Crippen LogP contribution is -2.21. The molecule has 0 aliphatic rings. The number of nitrogen functional groups attached to an aromatic ring is 1. The first-order valence-corrected chi connectivity index (χ1v) is 9.30. The highest BCUT2D eigenvalue weighted by Gasteiger charge is 2.23. The summed E-state index contributed by atoms with van der Waals surface area (Å²) in [5.74, 6) is -0.278. The Hall–Kier alpha value is -4.49. The average molecular weight is 422 g/mol. The van der Waals surface area contributed by atoms with Gasteiger partial charge in [-0.05, 0) is 51.8 Å². The van der Waals surface area contributed by atoms with Gasteiger partial charge in [-0.25, -0.2) is 14.7 Å². The first-order chi connectivity index (χ1) is 15.1. The van der Waals surface area contributed by atoms with Crippen molar-refractivity contribution in [1.29, 1.82) is 0 Å². The molecule has 3 N–H and O–H groups in total. The fourth-order valence-electron chi connectivity index (χ4n) is 2.83. The predicted molar refractivity (Wildman–Crippen MR) is 106 cm³/mol. The first-order valence-electron chi connectivity index (χ1n) is 9.30. The number of hydrogen-bond acceptors (Lipinski definition) is 11. The molecule has 0 spiro atoms. The van der Waals surface area contributed by atoms with Gasteiger partial charge in [0.15, 0.2) is 5.69 Å². The van der Waals surface area contributed by atoms with Crippen LogP contribution < -0.4 is 11.2 Å². The quantitative estimate of drug-likeness (QED) is 0.311. The van der Waals surface area contributed by atoms with Crippen molar-refractivity contribution < 1.29 is 9.42 Å². The third-order valence-corrected chi connectivity index (χ3v) is 4.39. The molecular weight excluding hydrogens is 404 g/mol. The third kappa shape index (κ3) is 3.98. The lowest BCUT2D eigenvalue weighted by atomic mass is 10.1. The first kappa shape index (κ1) is 19.8. The third-order valence-electron chi connectivity index (χ3n) is 4.39. The van der Waals surface area contributed by atoms with Gasteiger partial charge in [0, 0.05) is 0 Å². The molecule has 3 heterocycles. The van der Waals surface area contributed by atoms with Crippen LogP contribution in [0, 0.1) is 0 Å². The van der Waals surface area contributed by atoms with Crippen molar-refractivity contribution in [3.8, 4) is 11.5 Å². The van der Waals surface area contributed by atoms with Crippen LogP contribution in [0.25, 0.3) is 11.5 Å². The molecule has 0 radical (unpaired) electrons. The molecule has 3 aromatic heterocycles. The van der Waals surface area contributed by atoms with Gasteiger partial charge in [0.05, 0.1) is 17.1 Å². The van der Waals surface area contributed by atoms with Gasteiger partial charge in [-0.15, -0.1) is 10.2 Å². The van der Waals surface area contributed by atoms with Gasteiger partial charge in [-0.1, -0.05) is 30.7 Å². The minimum atomic E-state index is -0.505. The van der Waals surface area contributed by atoms with E-state index in [0.29, 0.717) is 17.8 Å². The van der Waals surface area contributed by atoms with Crippen LogP contribution in [-0.4, -0.2) is 57.1 Å². The van der Waals surface area contributed by atoms with Crippen LogP contribution in [0.3, 0.4) is 0 Å². The summed E-state index contributed by atoms with van der Waals surface area (Å²) >= 11 is 0. The second kappa shape index (κ2) is 8.48. The van der Waals surface area contributed by atoms with E-state index in [1.54, 1.807) is 6.92 Å². The normalized spacial score (nSPS) is 11.6. The number of carbonyl (C=O) groups is 1. The predicted octanol–water partition coefficient (Wildman–Crippen LogP) is 0.315. The number of nitrogens with zero attached hydrogens (tertiary/aromatic N) is 10. The van der Waals surface area contributed by atoms with Crippen LogP contribution >= 0.6 is 0 Å². The van der Waals surface area contributed by atoms with Crippen LogP contribution in [0.2, 0.25) is 0 Å². The van der Waals surface area contributed by atoms with Crippen molar-refractivity contribution in [1.82, 2.24) is 50.9 Å². The Kier molecular flexibility index (Phi) is 5.42. The van der Waals surface area contributed by atoms with Gasteiger partial charge in [-0.2, -0.15) is 9.78 Å². The number of nitrogens with two attached hydrogens (primary N) is 1. The molecule has 14 heteroatoms. The number of anilines is 1. The van der Waals surface area contributed by atoms with E-state index < -0.39 is 5.91 Å². The molecule has 1 amide bonds. The number of benzene rings is 1. The zero-order valence-electron chi connectivity index (χ0n) is 16.7. The SMILES string of the molecule is CCCc1c(C(=O)N/N=C(/C)c2ccc(-n3cnnn3)cc2)nnn1-c1nonc1N. The fourth-order valence-corrected chi connectivity index (χ4v) is 2.83. The monoisotopic (exact) mass is 422 g/mol. The maximum Gasteiger partial charge on any atom is 0.293 e. The minimum Gasteiger partial charge on any atom is -0.378 e. The van der Waals surface area contributed by atoms with E-state index in [0.717, 1.165) is 17.7 Å². The fraction of sp³-hybridized carbons (Fsp3) is 0.235. The van der Waals surface area contributed by atoms with Crippen LogP contribution in [0.1, 0.15) is 42.0 Å². The molecule has 0 fully saturated rings. The van der Waals surface area contributed by atoms with Gasteiger partial charge < -0.3 is 5.73 Å². The molecule has 4 aromatic rings. The standard InChI is InChI=1S/C17H18N12O2/c1-3-4-13-14(21-26-29(13)16-15(18)23-31-24-16)17(30)22-20-10(2)11-5-7-12(8-6-11)28-9-19-25-27-28/h5-9H,3-4H2,1-2H3,(H2,18,23)(H,22,30)/b20-10-. The highest BCUT2D eigenvalue weighted by atomic mass is 16.6. The van der Waals surface area contributed by atoms with E-state index in [1.165, 1.54) is 15.7 Å². The number of nitrogens with one attached hydrogen (secondary N) is 1. The summed E-state index contributed by atoms with van der Waals surface area (Å²) < 4.78 is 7.50. The van der Waals surface area contributed by atoms with E-state index >= 15 is 0 Å². The van der Waals surface area contributed by atoms with E-state index in [9.17, 15) is 4.79 Å². The Morgan fingerprint density at radius 2 is 2.03 bits per heavy atom. The lowest BCUT2D eigenvalue weighted by Gasteiger charge is -2.05. The minimum absolute atomic E-state index is 0.0493. The highest BCUT2D eigenvalue weighted by Crippen LogP contribution is 2.17. The zero-order chi connectivity index (χ0) is 21.8. The van der Waals surface area contributed by atoms with Crippen molar-refractivity contribution in [2.24, 2.45) is 5.10 Å². The number of tetrazole rings is 1. The molecule has 158 valence electrons. The summed E-state index contributed by atoms with van der Waals surface area (Å²) in [6, 6.07) is 7.38. The molecular formula is C17H18N12O2. The molecule has 14 nitrogen and oxygen atoms in total. The summed E-state index contributed by atoms with van der Waals surface area (Å²) in [7, 11) is 0. The van der Waals surface area contributed by atoms with Gasteiger partial charge >= 0.3 is 0 Å². The number of rotatable bonds is 7. The summed E-state index contributed by atoms with van der Waals surface area (Å²) in [6.45, 7) is 3.74. The molecule has 0 aliphatic heterocycles. The Labute approximate surface area is 175 Å². The number of amides is 1. The van der Waals surface area contributed by atoms with E-state index in [2.05, 4.69) is 51.3 Å². The maximum absolute atomic E-state index is 12.7. The zero-order valence-corrected chi connectivity index (χ0v) is 16.7. The van der Waals surface area contributed by atoms with Crippen molar-refractivity contribution >= 4 is 17.4 Å². The van der Waals surface area contributed by atoms with Crippen LogP contribution in [0.5, 0.6) is 0 Å². The Balaban J connectivity index is 1.52. The summed E-state index contributed by atoms with van der Waals surface area (Å²) in [6.07, 6.45) is 2.76. The Morgan fingerprint density at radius 3 is 2.68 bits per heavy atom. The van der Waals surface area contributed by atoms with Crippen LogP contribution in [-0.2, 0) is 6.42 Å². The highest BCUT2D eigenvalue weighted by molar-refractivity contribution is 6.00. The van der Waals surface area contributed by atoms with Crippen molar-refractivity contribution in [2.45, 2.75) is 26.7 Å². The second-order valence-electron chi connectivity index (χ2n) is 6.46. The van der Waals surface area contributed by atoms with E-state index in [1.807, 2.05) is 31.2 Å². The molecule has 1 aromatic carbocycles. The molecule has 0 saturated heterocycles. The molecule has 0 atom stereocenters. The molecule has 31 heavy (non-hydrogen) atoms. The number of aromatic nitrogens is 9. The topological polar surface area (TPSA) is 181 Å². The van der Waals surface area contributed by atoms with Crippen LogP contribution in [0.15, 0.2) is 40.3 Å². The Bertz CT molecular complexity index is 1210. The van der Waals surface area contributed by atoms with Crippen molar-refractivity contribution in [3.63, 3.8) is 0 Å². The molecule has 0 saturated carbocycles. The van der Waals surface area contributed by atoms with E-state index in [4.69, 9.17) is 5.73 Å². The van der Waals surface area contributed by atoms with Crippen LogP contribution in [0.4, 0.5) is 5.82 Å². The molecule has 0 bridgehead atoms. The smallest absolute Gasteiger partial charge is 0.293 e. The summed E-state index contributed by atoms with van der Waals surface area (Å²) in [4.78, 5) is 12.7. The van der Waals surface area contributed by atoms with Crippen molar-refractivity contribution in [3.05, 3.63) is 47.5 Å². The van der Waals surface area contributed by atoms with Gasteiger partial charge in [-0.3, -0.25) is 4.79 Å². The average Bonchev–Trinajstić information content (AvgIpc) is 3.53. The van der Waals surface area contributed by atoms with Gasteiger partial charge in [0.25, 0.3) is 5.91 Å². The van der Waals surface area contributed by atoms with Gasteiger partial charge in [0.1, 0.15) is 6.33 Å².